The van der Waals surface area contributed by atoms with Crippen LogP contribution in [0, 0.1) is 0 Å². The molecule has 0 spiro atoms. The van der Waals surface area contributed by atoms with E-state index in [9.17, 15) is 5.48 Å². The summed E-state index contributed by atoms with van der Waals surface area (Å²) in [4.78, 5) is 0. The van der Waals surface area contributed by atoms with Crippen molar-refractivity contribution in [2.24, 2.45) is 0 Å². The molecule has 0 atom stereocenters. The first kappa shape index (κ1) is 21.4. The quantitative estimate of drug-likeness (QED) is 0.173. The average molecular weight is 655 g/mol. The van der Waals surface area contributed by atoms with Gasteiger partial charge in [-0.3, -0.25) is 0 Å². The maximum absolute atomic E-state index is 9.53. The Balaban J connectivity index is 1.29. The standard InChI is InChI=1S/C50H30O/c1-2-13-33-27-36(22-21-31(33)11-1)48-40-17-7-9-19-42(40)49(43-20-10-8-18-41(43)48)45-29-37(28-35-14-4-5-15-38(35)45)34-23-25-44-47(30-34)51-46-26-24-32-12-3-6-16-39(32)50(44)46/h1-30H/i7D,8D,9D,10D,17D,18D,19D,20D. The highest BCUT2D eigenvalue weighted by Gasteiger charge is 2.19. The summed E-state index contributed by atoms with van der Waals surface area (Å²) in [5.41, 5.74) is 4.92. The summed E-state index contributed by atoms with van der Waals surface area (Å²) in [5.74, 6) is 0. The van der Waals surface area contributed by atoms with Crippen LogP contribution in [-0.4, -0.2) is 0 Å². The monoisotopic (exact) mass is 654 g/mol. The molecule has 0 saturated heterocycles. The fraction of sp³-hybridized carbons (Fsp3) is 0. The van der Waals surface area contributed by atoms with Crippen LogP contribution in [0.4, 0.5) is 0 Å². The zero-order valence-electron chi connectivity index (χ0n) is 35.1. The molecular formula is C50H30O. The summed E-state index contributed by atoms with van der Waals surface area (Å²) in [6.07, 6.45) is 0. The van der Waals surface area contributed by atoms with Crippen molar-refractivity contribution in [3.8, 4) is 33.4 Å². The maximum Gasteiger partial charge on any atom is 0.136 e. The Morgan fingerprint density at radius 1 is 0.353 bits per heavy atom. The van der Waals surface area contributed by atoms with Crippen LogP contribution in [0.3, 0.4) is 0 Å². The van der Waals surface area contributed by atoms with Crippen LogP contribution in [-0.2, 0) is 0 Å². The van der Waals surface area contributed by atoms with Crippen molar-refractivity contribution in [2.75, 3.05) is 0 Å². The first-order valence-electron chi connectivity index (χ1n) is 20.9. The molecule has 11 rings (SSSR count). The number of fused-ring (bicyclic) bond motifs is 9. The van der Waals surface area contributed by atoms with E-state index >= 15 is 0 Å². The molecule has 0 aliphatic carbocycles. The van der Waals surface area contributed by atoms with Crippen molar-refractivity contribution < 1.29 is 15.4 Å². The van der Waals surface area contributed by atoms with Gasteiger partial charge >= 0.3 is 0 Å². The molecule has 236 valence electrons. The van der Waals surface area contributed by atoms with Crippen LogP contribution in [0.25, 0.3) is 109 Å². The molecule has 0 N–H and O–H groups in total. The average Bonchev–Trinajstić information content (AvgIpc) is 3.66. The fourth-order valence-corrected chi connectivity index (χ4v) is 7.94. The normalized spacial score (nSPS) is 14.1. The van der Waals surface area contributed by atoms with E-state index in [1.165, 1.54) is 0 Å². The highest BCUT2D eigenvalue weighted by molar-refractivity contribution is 6.24. The van der Waals surface area contributed by atoms with Crippen molar-refractivity contribution in [1.82, 2.24) is 0 Å². The second kappa shape index (κ2) is 10.9. The van der Waals surface area contributed by atoms with E-state index in [1.807, 2.05) is 103 Å². The molecule has 51 heavy (non-hydrogen) atoms. The minimum atomic E-state index is -0.434. The lowest BCUT2D eigenvalue weighted by molar-refractivity contribution is 0.669. The largest absolute Gasteiger partial charge is 0.456 e. The van der Waals surface area contributed by atoms with Gasteiger partial charge in [-0.15, -0.1) is 0 Å². The van der Waals surface area contributed by atoms with Gasteiger partial charge in [0.05, 0.1) is 11.0 Å². The molecule has 0 amide bonds. The molecule has 0 fully saturated rings. The van der Waals surface area contributed by atoms with Gasteiger partial charge in [-0.05, 0) is 124 Å². The second-order valence-corrected chi connectivity index (χ2v) is 13.0. The zero-order valence-corrected chi connectivity index (χ0v) is 27.1. The molecule has 1 nitrogen and oxygen atoms in total. The predicted octanol–water partition coefficient (Wildman–Crippen LogP) is 14.4. The van der Waals surface area contributed by atoms with Gasteiger partial charge in [0.25, 0.3) is 0 Å². The lowest BCUT2D eigenvalue weighted by atomic mass is 9.83. The maximum atomic E-state index is 9.53. The Bertz CT molecular complexity index is 3580. The molecule has 0 aliphatic heterocycles. The van der Waals surface area contributed by atoms with E-state index < -0.39 is 24.2 Å². The van der Waals surface area contributed by atoms with Crippen molar-refractivity contribution in [1.29, 1.82) is 0 Å². The number of hydrogen-bond donors (Lipinski definition) is 0. The minimum Gasteiger partial charge on any atom is -0.456 e. The summed E-state index contributed by atoms with van der Waals surface area (Å²) in [7, 11) is 0. The highest BCUT2D eigenvalue weighted by atomic mass is 16.3. The van der Waals surface area contributed by atoms with E-state index in [0.29, 0.717) is 27.8 Å². The van der Waals surface area contributed by atoms with Gasteiger partial charge in [0.2, 0.25) is 0 Å². The fourth-order valence-electron chi connectivity index (χ4n) is 7.94. The molecule has 1 aromatic heterocycles. The Morgan fingerprint density at radius 2 is 0.941 bits per heavy atom. The lowest BCUT2D eigenvalue weighted by Crippen LogP contribution is -1.92. The Hall–Kier alpha value is -6.70. The van der Waals surface area contributed by atoms with E-state index in [4.69, 9.17) is 9.90 Å². The Kier molecular flexibility index (Phi) is 4.57. The van der Waals surface area contributed by atoms with Gasteiger partial charge in [0.15, 0.2) is 0 Å². The third-order valence-electron chi connectivity index (χ3n) is 10.2. The first-order valence-corrected chi connectivity index (χ1v) is 16.9. The van der Waals surface area contributed by atoms with Crippen LogP contribution in [0.5, 0.6) is 0 Å². The van der Waals surface area contributed by atoms with Gasteiger partial charge in [0, 0.05) is 10.8 Å². The molecule has 11 aromatic rings. The SMILES string of the molecule is [2H]c1c([2H])c([2H])c2c(-c3cc(-c4ccc5c(c4)oc4ccc6ccccc6c45)cc4ccccc34)c3c([2H])c([2H])c([2H])c([2H])c3c(-c3ccc4ccccc4c3)c2c1[2H]. The van der Waals surface area contributed by atoms with Crippen LogP contribution in [0.2, 0.25) is 0 Å². The predicted molar refractivity (Wildman–Crippen MR) is 218 cm³/mol. The molecule has 0 radical (unpaired) electrons. The van der Waals surface area contributed by atoms with E-state index in [-0.39, 0.29) is 45.7 Å². The molecule has 0 bridgehead atoms. The van der Waals surface area contributed by atoms with Crippen molar-refractivity contribution >= 4 is 75.8 Å². The third-order valence-corrected chi connectivity index (χ3v) is 10.2. The topological polar surface area (TPSA) is 13.1 Å². The van der Waals surface area contributed by atoms with Crippen LogP contribution in [0.1, 0.15) is 11.0 Å². The van der Waals surface area contributed by atoms with E-state index in [0.717, 1.165) is 59.8 Å². The summed E-state index contributed by atoms with van der Waals surface area (Å²) in [5, 5.41) is 8.41. The van der Waals surface area contributed by atoms with Crippen LogP contribution < -0.4 is 0 Å². The molecule has 0 unspecified atom stereocenters. The number of hydrogen-bond acceptors (Lipinski definition) is 1. The summed E-state index contributed by atoms with van der Waals surface area (Å²) >= 11 is 0. The second-order valence-electron chi connectivity index (χ2n) is 13.0. The Morgan fingerprint density at radius 3 is 1.71 bits per heavy atom. The number of furan rings is 1. The first-order chi connectivity index (χ1) is 28.6. The number of benzene rings is 10. The lowest BCUT2D eigenvalue weighted by Gasteiger charge is -2.20. The van der Waals surface area contributed by atoms with E-state index in [1.54, 1.807) is 0 Å². The smallest absolute Gasteiger partial charge is 0.136 e. The van der Waals surface area contributed by atoms with Crippen molar-refractivity contribution in [3.05, 3.63) is 182 Å². The van der Waals surface area contributed by atoms with E-state index in [2.05, 4.69) is 30.3 Å². The van der Waals surface area contributed by atoms with Gasteiger partial charge in [-0.2, -0.15) is 0 Å². The van der Waals surface area contributed by atoms with Gasteiger partial charge in [0.1, 0.15) is 11.2 Å². The zero-order chi connectivity index (χ0) is 40.4. The molecule has 0 aliphatic rings. The van der Waals surface area contributed by atoms with Gasteiger partial charge in [-0.1, -0.05) is 145 Å². The van der Waals surface area contributed by atoms with Gasteiger partial charge < -0.3 is 4.42 Å². The molecule has 1 heteroatoms. The highest BCUT2D eigenvalue weighted by Crippen LogP contribution is 2.47. The summed E-state index contributed by atoms with van der Waals surface area (Å²) < 4.78 is 80.1. The van der Waals surface area contributed by atoms with Crippen molar-refractivity contribution in [3.63, 3.8) is 0 Å². The van der Waals surface area contributed by atoms with Crippen molar-refractivity contribution in [2.45, 2.75) is 0 Å². The number of rotatable bonds is 3. The summed E-state index contributed by atoms with van der Waals surface area (Å²) in [6.45, 7) is 0. The summed E-state index contributed by atoms with van der Waals surface area (Å²) in [6, 6.07) is 40.7. The minimum absolute atomic E-state index is 0.179. The molecule has 0 saturated carbocycles. The Labute approximate surface area is 305 Å². The molecular weight excluding hydrogens is 617 g/mol. The molecule has 1 heterocycles. The third kappa shape index (κ3) is 4.28. The van der Waals surface area contributed by atoms with Gasteiger partial charge in [-0.25, -0.2) is 0 Å². The van der Waals surface area contributed by atoms with Crippen LogP contribution in [0.15, 0.2) is 186 Å². The van der Waals surface area contributed by atoms with Crippen LogP contribution >= 0.6 is 0 Å². The molecule has 10 aromatic carbocycles.